The molecule has 1 heterocycles. The summed E-state index contributed by atoms with van der Waals surface area (Å²) < 4.78 is 8.17. The van der Waals surface area contributed by atoms with E-state index in [2.05, 4.69) is 28.0 Å². The van der Waals surface area contributed by atoms with E-state index in [0.29, 0.717) is 5.75 Å². The molecule has 0 atom stereocenters. The van der Waals surface area contributed by atoms with Crippen LogP contribution in [-0.2, 0) is 6.42 Å². The third kappa shape index (κ3) is 5.18. The maximum Gasteiger partial charge on any atom is 0.284 e. The highest BCUT2D eigenvalue weighted by molar-refractivity contribution is 9.10. The highest BCUT2D eigenvalue weighted by atomic mass is 79.9. The Labute approximate surface area is 158 Å². The normalized spacial score (nSPS) is 10.9. The van der Waals surface area contributed by atoms with Gasteiger partial charge in [0.2, 0.25) is 0 Å². The number of aromatic nitrogens is 2. The van der Waals surface area contributed by atoms with Gasteiger partial charge in [-0.1, -0.05) is 42.1 Å². The molecule has 1 aromatic carbocycles. The van der Waals surface area contributed by atoms with Crippen LogP contribution in [0.4, 0.5) is 0 Å². The third-order valence-corrected chi connectivity index (χ3v) is 5.34. The largest absolute Gasteiger partial charge is 0.484 e. The molecule has 5 heteroatoms. The molecule has 0 aliphatic heterocycles. The minimum atomic E-state index is -0.138. The van der Waals surface area contributed by atoms with Crippen LogP contribution >= 0.6 is 15.9 Å². The van der Waals surface area contributed by atoms with Gasteiger partial charge in [-0.2, -0.15) is 5.10 Å². The first kappa shape index (κ1) is 19.7. The Morgan fingerprint density at radius 2 is 1.96 bits per heavy atom. The van der Waals surface area contributed by atoms with Crippen LogP contribution in [0, 0.1) is 20.8 Å². The van der Waals surface area contributed by atoms with Gasteiger partial charge in [0.1, 0.15) is 5.75 Å². The van der Waals surface area contributed by atoms with Gasteiger partial charge < -0.3 is 4.74 Å². The van der Waals surface area contributed by atoms with E-state index >= 15 is 0 Å². The molecule has 0 spiro atoms. The van der Waals surface area contributed by atoms with Crippen molar-refractivity contribution in [1.29, 1.82) is 0 Å². The number of ether oxygens (including phenoxy) is 1. The lowest BCUT2D eigenvalue weighted by molar-refractivity contribution is 0.0818. The van der Waals surface area contributed by atoms with Gasteiger partial charge in [0.05, 0.1) is 5.69 Å². The summed E-state index contributed by atoms with van der Waals surface area (Å²) in [5.74, 6) is 0.552. The second-order valence-electron chi connectivity index (χ2n) is 6.47. The SMILES string of the molecule is CCCCCCc1c(C)nn(C(=O)COc2ccc(Br)c(C)c2)c1C. The number of nitrogens with zero attached hydrogens (tertiary/aromatic N) is 2. The van der Waals surface area contributed by atoms with Gasteiger partial charge in [0, 0.05) is 10.2 Å². The number of carbonyl (C=O) groups excluding carboxylic acids is 1. The molecule has 1 aromatic heterocycles. The topological polar surface area (TPSA) is 44.1 Å². The zero-order chi connectivity index (χ0) is 18.4. The van der Waals surface area contributed by atoms with Crippen molar-refractivity contribution in [3.8, 4) is 5.75 Å². The number of benzene rings is 1. The Morgan fingerprint density at radius 3 is 2.64 bits per heavy atom. The summed E-state index contributed by atoms with van der Waals surface area (Å²) in [5.41, 5.74) is 4.16. The average Bonchev–Trinajstić information content (AvgIpc) is 2.87. The molecule has 0 radical (unpaired) electrons. The van der Waals surface area contributed by atoms with E-state index in [-0.39, 0.29) is 12.5 Å². The van der Waals surface area contributed by atoms with Crippen molar-refractivity contribution in [3.05, 3.63) is 45.2 Å². The van der Waals surface area contributed by atoms with Crippen molar-refractivity contribution in [2.45, 2.75) is 59.8 Å². The van der Waals surface area contributed by atoms with E-state index in [1.54, 1.807) is 0 Å². The zero-order valence-electron chi connectivity index (χ0n) is 15.6. The second kappa shape index (κ2) is 9.18. The number of halogens is 1. The molecule has 0 aliphatic rings. The molecule has 25 heavy (non-hydrogen) atoms. The molecule has 0 bridgehead atoms. The standard InChI is InChI=1S/C20H27BrN2O2/c1-5-6-7-8-9-18-15(3)22-23(16(18)4)20(24)13-25-17-10-11-19(21)14(2)12-17/h10-12H,5-9,13H2,1-4H3. The van der Waals surface area contributed by atoms with Gasteiger partial charge in [-0.15, -0.1) is 0 Å². The Balaban J connectivity index is 2.00. The third-order valence-electron chi connectivity index (χ3n) is 4.45. The molecule has 0 unspecified atom stereocenters. The van der Waals surface area contributed by atoms with E-state index in [4.69, 9.17) is 4.74 Å². The van der Waals surface area contributed by atoms with Crippen LogP contribution in [0.1, 0.15) is 59.9 Å². The van der Waals surface area contributed by atoms with Crippen LogP contribution in [-0.4, -0.2) is 22.3 Å². The van der Waals surface area contributed by atoms with Crippen molar-refractivity contribution in [1.82, 2.24) is 9.78 Å². The van der Waals surface area contributed by atoms with Gasteiger partial charge >= 0.3 is 0 Å². The first-order valence-electron chi connectivity index (χ1n) is 8.91. The predicted octanol–water partition coefficient (Wildman–Crippen LogP) is 5.41. The fourth-order valence-corrected chi connectivity index (χ4v) is 3.17. The van der Waals surface area contributed by atoms with E-state index in [1.165, 1.54) is 29.5 Å². The first-order valence-corrected chi connectivity index (χ1v) is 9.70. The number of hydrogen-bond donors (Lipinski definition) is 0. The van der Waals surface area contributed by atoms with Gasteiger partial charge in [0.15, 0.2) is 6.61 Å². The highest BCUT2D eigenvalue weighted by Gasteiger charge is 2.16. The fourth-order valence-electron chi connectivity index (χ4n) is 2.92. The molecule has 136 valence electrons. The van der Waals surface area contributed by atoms with Crippen LogP contribution in [0.2, 0.25) is 0 Å². The Morgan fingerprint density at radius 1 is 1.20 bits per heavy atom. The van der Waals surface area contributed by atoms with Crippen LogP contribution < -0.4 is 4.74 Å². The minimum Gasteiger partial charge on any atom is -0.484 e. The average molecular weight is 407 g/mol. The summed E-state index contributed by atoms with van der Waals surface area (Å²) in [7, 11) is 0. The van der Waals surface area contributed by atoms with E-state index in [1.807, 2.05) is 39.0 Å². The lowest BCUT2D eigenvalue weighted by Crippen LogP contribution is -2.21. The second-order valence-corrected chi connectivity index (χ2v) is 7.32. The molecule has 0 amide bonds. The minimum absolute atomic E-state index is 0.0156. The number of unbranched alkanes of at least 4 members (excludes halogenated alkanes) is 3. The van der Waals surface area contributed by atoms with Gasteiger partial charge in [-0.25, -0.2) is 4.68 Å². The summed E-state index contributed by atoms with van der Waals surface area (Å²) in [4.78, 5) is 12.5. The molecule has 0 N–H and O–H groups in total. The van der Waals surface area contributed by atoms with E-state index in [9.17, 15) is 4.79 Å². The quantitative estimate of drug-likeness (QED) is 0.550. The summed E-state index contributed by atoms with van der Waals surface area (Å²) >= 11 is 3.46. The van der Waals surface area contributed by atoms with Crippen LogP contribution in [0.25, 0.3) is 0 Å². The number of rotatable bonds is 8. The van der Waals surface area contributed by atoms with Crippen molar-refractivity contribution in [3.63, 3.8) is 0 Å². The summed E-state index contributed by atoms with van der Waals surface area (Å²) in [6.45, 7) is 8.13. The summed E-state index contributed by atoms with van der Waals surface area (Å²) in [5, 5.41) is 4.43. The van der Waals surface area contributed by atoms with Crippen molar-refractivity contribution < 1.29 is 9.53 Å². The smallest absolute Gasteiger partial charge is 0.284 e. The van der Waals surface area contributed by atoms with E-state index in [0.717, 1.165) is 34.3 Å². The summed E-state index contributed by atoms with van der Waals surface area (Å²) in [6.07, 6.45) is 5.83. The molecular weight excluding hydrogens is 380 g/mol. The first-order chi connectivity index (χ1) is 11.9. The number of hydrogen-bond acceptors (Lipinski definition) is 3. The Kier molecular flexibility index (Phi) is 7.24. The molecule has 0 saturated heterocycles. The maximum atomic E-state index is 12.5. The van der Waals surface area contributed by atoms with Crippen molar-refractivity contribution in [2.24, 2.45) is 0 Å². The van der Waals surface area contributed by atoms with Gasteiger partial charge in [-0.3, -0.25) is 4.79 Å². The Hall–Kier alpha value is -1.62. The van der Waals surface area contributed by atoms with Crippen LogP contribution in [0.15, 0.2) is 22.7 Å². The molecular formula is C20H27BrN2O2. The van der Waals surface area contributed by atoms with Gasteiger partial charge in [0.25, 0.3) is 5.91 Å². The lowest BCUT2D eigenvalue weighted by Gasteiger charge is -2.08. The van der Waals surface area contributed by atoms with Gasteiger partial charge in [-0.05, 0) is 62.9 Å². The molecule has 0 fully saturated rings. The molecule has 0 aliphatic carbocycles. The number of carbonyl (C=O) groups is 1. The van der Waals surface area contributed by atoms with Crippen LogP contribution in [0.3, 0.4) is 0 Å². The molecule has 0 saturated carbocycles. The van der Waals surface area contributed by atoms with Crippen molar-refractivity contribution >= 4 is 21.8 Å². The summed E-state index contributed by atoms with van der Waals surface area (Å²) in [6, 6.07) is 5.69. The molecule has 2 rings (SSSR count). The van der Waals surface area contributed by atoms with E-state index < -0.39 is 0 Å². The zero-order valence-corrected chi connectivity index (χ0v) is 17.1. The maximum absolute atomic E-state index is 12.5. The fraction of sp³-hybridized carbons (Fsp3) is 0.500. The lowest BCUT2D eigenvalue weighted by atomic mass is 10.0. The predicted molar refractivity (Wildman–Crippen MR) is 105 cm³/mol. The highest BCUT2D eigenvalue weighted by Crippen LogP contribution is 2.22. The Bertz CT molecular complexity index is 738. The van der Waals surface area contributed by atoms with Crippen LogP contribution in [0.5, 0.6) is 5.75 Å². The molecule has 4 nitrogen and oxygen atoms in total. The number of aryl methyl sites for hydroxylation is 2. The van der Waals surface area contributed by atoms with Crippen molar-refractivity contribution in [2.75, 3.05) is 6.61 Å². The monoisotopic (exact) mass is 406 g/mol. The molecule has 2 aromatic rings.